The second kappa shape index (κ2) is 10.5. The maximum Gasteiger partial charge on any atom is 0.331 e. The predicted octanol–water partition coefficient (Wildman–Crippen LogP) is 4.56. The number of carbonyl (C=O) groups excluding carboxylic acids is 2. The van der Waals surface area contributed by atoms with E-state index in [1.54, 1.807) is 6.08 Å². The average Bonchev–Trinajstić information content (AvgIpc) is 3.01. The maximum atomic E-state index is 12.2. The zero-order valence-electron chi connectivity index (χ0n) is 17.4. The normalized spacial score (nSPS) is 14.1. The molecule has 2 aromatic rings. The van der Waals surface area contributed by atoms with Crippen LogP contribution in [0.4, 0.5) is 5.69 Å². The van der Waals surface area contributed by atoms with Crippen molar-refractivity contribution < 1.29 is 23.8 Å². The lowest BCUT2D eigenvalue weighted by molar-refractivity contribution is -0.142. The van der Waals surface area contributed by atoms with Gasteiger partial charge >= 0.3 is 5.97 Å². The second-order valence-corrected chi connectivity index (χ2v) is 7.14. The van der Waals surface area contributed by atoms with Crippen LogP contribution in [0.25, 0.3) is 6.08 Å². The summed E-state index contributed by atoms with van der Waals surface area (Å²) in [5.41, 5.74) is 2.59. The number of ether oxygens (including phenoxy) is 3. The molecule has 0 unspecified atom stereocenters. The van der Waals surface area contributed by atoms with Crippen LogP contribution in [0.2, 0.25) is 0 Å². The van der Waals surface area contributed by atoms with E-state index < -0.39 is 5.97 Å². The zero-order valence-corrected chi connectivity index (χ0v) is 17.4. The van der Waals surface area contributed by atoms with Gasteiger partial charge in [0.15, 0.2) is 18.1 Å². The maximum absolute atomic E-state index is 12.2. The van der Waals surface area contributed by atoms with Gasteiger partial charge in [-0.05, 0) is 47.7 Å². The third-order valence-electron chi connectivity index (χ3n) is 4.91. The number of para-hydroxylation sites is 1. The van der Waals surface area contributed by atoms with Gasteiger partial charge < -0.3 is 19.5 Å². The molecule has 6 nitrogen and oxygen atoms in total. The van der Waals surface area contributed by atoms with Gasteiger partial charge in [-0.3, -0.25) is 4.79 Å². The zero-order chi connectivity index (χ0) is 21.3. The summed E-state index contributed by atoms with van der Waals surface area (Å²) in [6.45, 7) is 5.07. The Bertz CT molecular complexity index is 922. The molecule has 0 saturated heterocycles. The fourth-order valence-electron chi connectivity index (χ4n) is 3.08. The van der Waals surface area contributed by atoms with Crippen molar-refractivity contribution in [2.24, 2.45) is 0 Å². The molecule has 1 aliphatic rings. The van der Waals surface area contributed by atoms with E-state index in [2.05, 4.69) is 19.2 Å². The number of carbonyl (C=O) groups is 2. The summed E-state index contributed by atoms with van der Waals surface area (Å²) < 4.78 is 16.3. The van der Waals surface area contributed by atoms with Gasteiger partial charge in [0.2, 0.25) is 0 Å². The molecule has 1 amide bonds. The van der Waals surface area contributed by atoms with Gasteiger partial charge in [0.05, 0.1) is 13.2 Å². The summed E-state index contributed by atoms with van der Waals surface area (Å²) >= 11 is 0. The standard InChI is InChI=1S/C24H27NO5/c1-3-17(2)19-7-4-5-8-20(19)25-23(26)16-30-24(27)12-10-18-9-11-21-22(15-18)29-14-6-13-28-21/h4-5,7-12,15,17H,3,6,13-14,16H2,1-2H3,(H,25,26)/b12-10+/t17-/m1/s1. The summed E-state index contributed by atoms with van der Waals surface area (Å²) in [7, 11) is 0. The van der Waals surface area contributed by atoms with Gasteiger partial charge in [-0.15, -0.1) is 0 Å². The van der Waals surface area contributed by atoms with Crippen molar-refractivity contribution >= 4 is 23.6 Å². The Hall–Kier alpha value is -3.28. The molecule has 1 heterocycles. The summed E-state index contributed by atoms with van der Waals surface area (Å²) in [5, 5.41) is 2.82. The van der Waals surface area contributed by atoms with Crippen molar-refractivity contribution in [2.45, 2.75) is 32.6 Å². The molecule has 1 atom stereocenters. The molecule has 0 fully saturated rings. The van der Waals surface area contributed by atoms with Crippen molar-refractivity contribution in [1.29, 1.82) is 0 Å². The lowest BCUT2D eigenvalue weighted by Crippen LogP contribution is -2.21. The Labute approximate surface area is 176 Å². The van der Waals surface area contributed by atoms with Crippen LogP contribution in [0.1, 0.15) is 43.7 Å². The van der Waals surface area contributed by atoms with E-state index in [9.17, 15) is 9.59 Å². The SMILES string of the molecule is CC[C@@H](C)c1ccccc1NC(=O)COC(=O)/C=C/c1ccc2c(c1)OCCCO2. The van der Waals surface area contributed by atoms with Crippen LogP contribution in [0.5, 0.6) is 11.5 Å². The van der Waals surface area contributed by atoms with Crippen molar-refractivity contribution in [2.75, 3.05) is 25.1 Å². The monoisotopic (exact) mass is 409 g/mol. The van der Waals surface area contributed by atoms with E-state index in [4.69, 9.17) is 14.2 Å². The summed E-state index contributed by atoms with van der Waals surface area (Å²) in [6.07, 6.45) is 4.70. The highest BCUT2D eigenvalue weighted by atomic mass is 16.5. The number of fused-ring (bicyclic) bond motifs is 1. The number of hydrogen-bond acceptors (Lipinski definition) is 5. The summed E-state index contributed by atoms with van der Waals surface area (Å²) in [6, 6.07) is 13.1. The molecule has 0 saturated carbocycles. The first kappa shape index (κ1) is 21.4. The molecule has 0 aliphatic carbocycles. The van der Waals surface area contributed by atoms with E-state index in [0.29, 0.717) is 30.6 Å². The van der Waals surface area contributed by atoms with Crippen molar-refractivity contribution in [1.82, 2.24) is 0 Å². The van der Waals surface area contributed by atoms with Crippen LogP contribution >= 0.6 is 0 Å². The molecule has 2 aromatic carbocycles. The molecule has 0 spiro atoms. The highest BCUT2D eigenvalue weighted by Crippen LogP contribution is 2.30. The fourth-order valence-corrected chi connectivity index (χ4v) is 3.08. The number of anilines is 1. The van der Waals surface area contributed by atoms with Gasteiger partial charge in [0.1, 0.15) is 0 Å². The summed E-state index contributed by atoms with van der Waals surface area (Å²) in [5.74, 6) is 0.710. The van der Waals surface area contributed by atoms with Crippen LogP contribution in [0, 0.1) is 0 Å². The number of esters is 1. The molecular weight excluding hydrogens is 382 g/mol. The fraction of sp³-hybridized carbons (Fsp3) is 0.333. The molecule has 30 heavy (non-hydrogen) atoms. The second-order valence-electron chi connectivity index (χ2n) is 7.14. The average molecular weight is 409 g/mol. The first-order chi connectivity index (χ1) is 14.6. The number of nitrogens with one attached hydrogen (secondary N) is 1. The van der Waals surface area contributed by atoms with Crippen molar-refractivity contribution in [3.8, 4) is 11.5 Å². The molecule has 6 heteroatoms. The Kier molecular flexibility index (Phi) is 7.49. The lowest BCUT2D eigenvalue weighted by Gasteiger charge is -2.15. The highest BCUT2D eigenvalue weighted by Gasteiger charge is 2.13. The first-order valence-electron chi connectivity index (χ1n) is 10.2. The third kappa shape index (κ3) is 5.86. The van der Waals surface area contributed by atoms with Crippen LogP contribution in [-0.4, -0.2) is 31.7 Å². The largest absolute Gasteiger partial charge is 0.490 e. The quantitative estimate of drug-likeness (QED) is 0.536. The van der Waals surface area contributed by atoms with Gasteiger partial charge in [-0.1, -0.05) is 38.1 Å². The van der Waals surface area contributed by atoms with E-state index in [1.165, 1.54) is 6.08 Å². The van der Waals surface area contributed by atoms with Gasteiger partial charge in [-0.25, -0.2) is 4.79 Å². The number of amides is 1. The summed E-state index contributed by atoms with van der Waals surface area (Å²) in [4.78, 5) is 24.2. The number of rotatable bonds is 7. The van der Waals surface area contributed by atoms with Gasteiger partial charge in [-0.2, -0.15) is 0 Å². The van der Waals surface area contributed by atoms with Crippen LogP contribution in [-0.2, 0) is 14.3 Å². The lowest BCUT2D eigenvalue weighted by atomic mass is 9.97. The van der Waals surface area contributed by atoms with Crippen LogP contribution in [0.15, 0.2) is 48.5 Å². The minimum Gasteiger partial charge on any atom is -0.490 e. The van der Waals surface area contributed by atoms with Crippen molar-refractivity contribution in [3.63, 3.8) is 0 Å². The topological polar surface area (TPSA) is 73.9 Å². The Morgan fingerprint density at radius 1 is 1.13 bits per heavy atom. The smallest absolute Gasteiger partial charge is 0.331 e. The molecule has 3 rings (SSSR count). The van der Waals surface area contributed by atoms with Crippen LogP contribution in [0.3, 0.4) is 0 Å². The van der Waals surface area contributed by atoms with E-state index >= 15 is 0 Å². The van der Waals surface area contributed by atoms with Gasteiger partial charge in [0.25, 0.3) is 5.91 Å². The molecule has 1 N–H and O–H groups in total. The first-order valence-corrected chi connectivity index (χ1v) is 10.2. The predicted molar refractivity (Wildman–Crippen MR) is 116 cm³/mol. The minimum atomic E-state index is -0.590. The third-order valence-corrected chi connectivity index (χ3v) is 4.91. The van der Waals surface area contributed by atoms with E-state index in [0.717, 1.165) is 29.7 Å². The highest BCUT2D eigenvalue weighted by molar-refractivity contribution is 5.95. The van der Waals surface area contributed by atoms with Crippen molar-refractivity contribution in [3.05, 3.63) is 59.7 Å². The molecular formula is C24H27NO5. The Morgan fingerprint density at radius 2 is 1.90 bits per heavy atom. The number of hydrogen-bond donors (Lipinski definition) is 1. The molecule has 1 aliphatic heterocycles. The van der Waals surface area contributed by atoms with E-state index in [-0.39, 0.29) is 12.5 Å². The molecule has 0 aromatic heterocycles. The molecule has 0 bridgehead atoms. The molecule has 158 valence electrons. The Balaban J connectivity index is 1.52. The van der Waals surface area contributed by atoms with E-state index in [1.807, 2.05) is 42.5 Å². The molecule has 0 radical (unpaired) electrons. The Morgan fingerprint density at radius 3 is 2.70 bits per heavy atom. The van der Waals surface area contributed by atoms with Crippen LogP contribution < -0.4 is 14.8 Å². The minimum absolute atomic E-state index is 0.322. The number of benzene rings is 2. The van der Waals surface area contributed by atoms with Gasteiger partial charge in [0, 0.05) is 18.2 Å².